The van der Waals surface area contributed by atoms with Crippen LogP contribution in [0, 0.1) is 23.7 Å². The van der Waals surface area contributed by atoms with Gasteiger partial charge in [-0.3, -0.25) is 13.7 Å². The van der Waals surface area contributed by atoms with Gasteiger partial charge in [-0.15, -0.1) is 0 Å². The number of carbonyl (C=O) groups is 3. The van der Waals surface area contributed by atoms with Crippen LogP contribution in [-0.2, 0) is 91.6 Å². The Hall–Kier alpha value is -8.25. The summed E-state index contributed by atoms with van der Waals surface area (Å²) in [5.41, 5.74) is -1.26. The third kappa shape index (κ3) is 25.2. The highest BCUT2D eigenvalue weighted by Gasteiger charge is 2.58. The number of hydrogen-bond acceptors (Lipinski definition) is 12. The molecule has 570 valence electrons. The minimum absolute atomic E-state index is 0.0146. The quantitative estimate of drug-likeness (QED) is 0.0151. The molecular formula is C80H85F6O15S6+3. The third-order valence-electron chi connectivity index (χ3n) is 16.5. The van der Waals surface area contributed by atoms with E-state index in [1.165, 1.54) is 64.8 Å². The van der Waals surface area contributed by atoms with Crippen molar-refractivity contribution < 1.29 is 93.8 Å². The predicted molar refractivity (Wildman–Crippen MR) is 402 cm³/mol. The fraction of sp³-hybridized carbons (Fsp3) is 0.287. The van der Waals surface area contributed by atoms with Crippen LogP contribution in [0.25, 0.3) is 0 Å². The monoisotopic (exact) mass is 1590 g/mol. The highest BCUT2D eigenvalue weighted by molar-refractivity contribution is 7.97. The Morgan fingerprint density at radius 2 is 0.579 bits per heavy atom. The molecular weight excluding hydrogens is 1510 g/mol. The lowest BCUT2D eigenvalue weighted by atomic mass is 9.55. The van der Waals surface area contributed by atoms with Crippen LogP contribution >= 0.6 is 0 Å². The lowest BCUT2D eigenvalue weighted by Gasteiger charge is -2.53. The van der Waals surface area contributed by atoms with E-state index in [-0.39, 0.29) is 51.1 Å². The third-order valence-corrected chi connectivity index (χ3v) is 25.6. The van der Waals surface area contributed by atoms with Gasteiger partial charge in [0.1, 0.15) is 11.7 Å². The minimum Gasteiger partial charge on any atom is -0.460 e. The molecule has 13 rings (SSSR count). The van der Waals surface area contributed by atoms with Crippen molar-refractivity contribution in [1.29, 1.82) is 0 Å². The second-order valence-electron chi connectivity index (χ2n) is 25.7. The van der Waals surface area contributed by atoms with Crippen LogP contribution < -0.4 is 0 Å². The molecule has 0 heterocycles. The molecule has 0 saturated heterocycles. The first-order valence-corrected chi connectivity index (χ1v) is 42.0. The van der Waals surface area contributed by atoms with Crippen molar-refractivity contribution in [3.63, 3.8) is 0 Å². The molecule has 15 nitrogen and oxygen atoms in total. The highest BCUT2D eigenvalue weighted by Crippen LogP contribution is 2.55. The van der Waals surface area contributed by atoms with Crippen LogP contribution in [0.2, 0.25) is 0 Å². The molecule has 0 aliphatic heterocycles. The number of ether oxygens (including phenoxy) is 3. The SMILES string of the molecule is CC(C)(C)OC(=O)C(F)(F)S(=O)(=O)O.CCCCCCOC(=O)C(F)(F)S(=O)(=O)O.O=C(OC1C2CC3CC(C2)CC1C3)C(F)(F)S(=O)(=O)O.c1ccc([S+](c2ccccc2)c2ccccc2)cc1.c1ccc([S+](c2ccccc2)c2ccccc2)cc1.c1ccc([S+](c2ccccc2)c2ccccc2)cc1. The summed E-state index contributed by atoms with van der Waals surface area (Å²) in [5, 5.41) is -14.7. The number of halogens is 6. The number of unbranched alkanes of at least 4 members (excludes halogenated alkanes) is 3. The maximum atomic E-state index is 13.2. The van der Waals surface area contributed by atoms with Gasteiger partial charge in [-0.05, 0) is 192 Å². The predicted octanol–water partition coefficient (Wildman–Crippen LogP) is 18.6. The van der Waals surface area contributed by atoms with Crippen molar-refractivity contribution in [3.05, 3.63) is 273 Å². The van der Waals surface area contributed by atoms with E-state index in [4.69, 9.17) is 18.4 Å². The van der Waals surface area contributed by atoms with Crippen molar-refractivity contribution in [2.75, 3.05) is 6.61 Å². The summed E-state index contributed by atoms with van der Waals surface area (Å²) in [6, 6.07) is 96.5. The van der Waals surface area contributed by atoms with Gasteiger partial charge in [0.25, 0.3) is 0 Å². The number of alkyl halides is 6. The molecule has 4 bridgehead atoms. The van der Waals surface area contributed by atoms with Gasteiger partial charge >= 0.3 is 64.0 Å². The van der Waals surface area contributed by atoms with E-state index in [0.717, 1.165) is 44.9 Å². The molecule has 9 aromatic rings. The first-order chi connectivity index (χ1) is 50.6. The maximum absolute atomic E-state index is 13.2. The van der Waals surface area contributed by atoms with Crippen LogP contribution in [0.1, 0.15) is 85.5 Å². The second-order valence-corrected chi connectivity index (χ2v) is 36.2. The molecule has 0 spiro atoms. The van der Waals surface area contributed by atoms with Crippen LogP contribution in [0.5, 0.6) is 0 Å². The minimum atomic E-state index is -5.79. The molecule has 4 saturated carbocycles. The molecule has 0 radical (unpaired) electrons. The number of carbonyl (C=O) groups excluding carboxylic acids is 3. The molecule has 4 aliphatic carbocycles. The van der Waals surface area contributed by atoms with E-state index in [1.807, 2.05) is 6.92 Å². The summed E-state index contributed by atoms with van der Waals surface area (Å²) >= 11 is 0. The van der Waals surface area contributed by atoms with Gasteiger partial charge in [-0.25, -0.2) is 14.4 Å². The summed E-state index contributed by atoms with van der Waals surface area (Å²) in [4.78, 5) is 44.9. The lowest BCUT2D eigenvalue weighted by Crippen LogP contribution is -2.52. The molecule has 9 aromatic carbocycles. The molecule has 4 aliphatic rings. The van der Waals surface area contributed by atoms with Crippen LogP contribution in [0.3, 0.4) is 0 Å². The zero-order chi connectivity index (χ0) is 78.1. The molecule has 3 N–H and O–H groups in total. The van der Waals surface area contributed by atoms with E-state index in [9.17, 15) is 66.0 Å². The Balaban J connectivity index is 0.000000180. The van der Waals surface area contributed by atoms with E-state index >= 15 is 0 Å². The van der Waals surface area contributed by atoms with E-state index in [2.05, 4.69) is 282 Å². The zero-order valence-electron chi connectivity index (χ0n) is 58.9. The summed E-state index contributed by atoms with van der Waals surface area (Å²) in [5.74, 6) is -5.44. The van der Waals surface area contributed by atoms with Crippen molar-refractivity contribution in [1.82, 2.24) is 0 Å². The maximum Gasteiger partial charge on any atom is 0.465 e. The Bertz CT molecular complexity index is 3960. The van der Waals surface area contributed by atoms with Crippen LogP contribution in [0.15, 0.2) is 317 Å². The number of rotatable bonds is 21. The first kappa shape index (κ1) is 86.0. The van der Waals surface area contributed by atoms with Gasteiger partial charge in [-0.1, -0.05) is 190 Å². The van der Waals surface area contributed by atoms with E-state index in [0.29, 0.717) is 24.7 Å². The Kier molecular flexibility index (Phi) is 31.9. The second kappa shape index (κ2) is 39.7. The van der Waals surface area contributed by atoms with Crippen LogP contribution in [-0.4, -0.2) is 90.9 Å². The average Bonchev–Trinajstić information content (AvgIpc) is 0.755. The highest BCUT2D eigenvalue weighted by atomic mass is 32.2. The van der Waals surface area contributed by atoms with Crippen molar-refractivity contribution in [2.45, 2.75) is 157 Å². The normalized spacial score (nSPS) is 16.8. The molecule has 27 heteroatoms. The Morgan fingerprint density at radius 3 is 0.794 bits per heavy atom. The van der Waals surface area contributed by atoms with Gasteiger partial charge in [0.05, 0.1) is 39.3 Å². The van der Waals surface area contributed by atoms with Gasteiger partial charge in [0, 0.05) is 0 Å². The fourth-order valence-corrected chi connectivity index (χ4v) is 19.0. The molecule has 0 atom stereocenters. The van der Waals surface area contributed by atoms with Crippen molar-refractivity contribution in [3.8, 4) is 0 Å². The van der Waals surface area contributed by atoms with Crippen molar-refractivity contribution in [2.24, 2.45) is 23.7 Å². The number of esters is 3. The topological polar surface area (TPSA) is 242 Å². The molecule has 0 aromatic heterocycles. The summed E-state index contributed by atoms with van der Waals surface area (Å²) in [6.07, 6.45) is 6.79. The van der Waals surface area contributed by atoms with Gasteiger partial charge in [0.15, 0.2) is 44.1 Å². The summed E-state index contributed by atoms with van der Waals surface area (Å²) in [6.45, 7) is 5.50. The largest absolute Gasteiger partial charge is 0.465 e. The summed E-state index contributed by atoms with van der Waals surface area (Å²) in [7, 11) is -17.4. The fourth-order valence-electron chi connectivity index (χ4n) is 11.9. The molecule has 0 unspecified atom stereocenters. The van der Waals surface area contributed by atoms with Gasteiger partial charge < -0.3 is 14.2 Å². The Labute approximate surface area is 630 Å². The molecule has 107 heavy (non-hydrogen) atoms. The Morgan fingerprint density at radius 1 is 0.355 bits per heavy atom. The van der Waals surface area contributed by atoms with E-state index < -0.39 is 75.7 Å². The smallest absolute Gasteiger partial charge is 0.460 e. The molecule has 4 fully saturated rings. The standard InChI is InChI=1S/3C18H15S.C12H16F2O5S.C8H14F2O5S.C6H10F2O5S/c3*1-4-10-16(11-5-1)19(17-12-6-2-7-13-17)18-14-8-3-9-15-18;13-12(14,20(16,17)18)11(15)19-10-8-2-6-1-7(4-8)5-9(10)3-6;1-2-3-4-5-6-15-7(11)8(9,10)16(12,13)14;1-5(2,3)13-4(9)6(7,8)14(10,11)12/h3*1-15H;6-10H,1-5H2,(H,16,17,18);2-6H2,1H3,(H,12,13,14);1-3H3,(H,10,11,12)/q3*+1;;;. The van der Waals surface area contributed by atoms with Gasteiger partial charge in [0.2, 0.25) is 0 Å². The first-order valence-electron chi connectivity index (χ1n) is 34.0. The average molecular weight is 1590 g/mol. The van der Waals surface area contributed by atoms with Crippen molar-refractivity contribution >= 4 is 80.9 Å². The number of benzene rings is 9. The summed E-state index contributed by atoms with van der Waals surface area (Å²) < 4.78 is 176. The van der Waals surface area contributed by atoms with Crippen LogP contribution in [0.4, 0.5) is 26.3 Å². The van der Waals surface area contributed by atoms with Gasteiger partial charge in [-0.2, -0.15) is 51.6 Å². The van der Waals surface area contributed by atoms with E-state index in [1.54, 1.807) is 0 Å². The lowest BCUT2D eigenvalue weighted by molar-refractivity contribution is -0.186. The molecule has 0 amide bonds. The zero-order valence-corrected chi connectivity index (χ0v) is 63.8. The number of hydrogen-bond donors (Lipinski definition) is 3.